The SMILES string of the molecule is CS(=O)(=O)N1CCCC(COc2ccccc2C(=O)O)C1. The number of piperidine rings is 1. The molecule has 1 aliphatic heterocycles. The monoisotopic (exact) mass is 313 g/mol. The summed E-state index contributed by atoms with van der Waals surface area (Å²) in [5.74, 6) is -0.635. The van der Waals surface area contributed by atoms with Gasteiger partial charge < -0.3 is 9.84 Å². The van der Waals surface area contributed by atoms with Crippen molar-refractivity contribution in [3.63, 3.8) is 0 Å². The van der Waals surface area contributed by atoms with Crippen molar-refractivity contribution in [3.8, 4) is 5.75 Å². The van der Waals surface area contributed by atoms with Crippen molar-refractivity contribution >= 4 is 16.0 Å². The van der Waals surface area contributed by atoms with E-state index in [1.54, 1.807) is 18.2 Å². The summed E-state index contributed by atoms with van der Waals surface area (Å²) in [6.07, 6.45) is 2.87. The number of ether oxygens (including phenoxy) is 1. The summed E-state index contributed by atoms with van der Waals surface area (Å²) < 4.78 is 30.2. The average Bonchev–Trinajstić information content (AvgIpc) is 2.45. The first-order valence-corrected chi connectivity index (χ1v) is 8.63. The van der Waals surface area contributed by atoms with Gasteiger partial charge in [-0.3, -0.25) is 0 Å². The van der Waals surface area contributed by atoms with Crippen LogP contribution in [0.3, 0.4) is 0 Å². The smallest absolute Gasteiger partial charge is 0.339 e. The molecule has 1 saturated heterocycles. The first-order valence-electron chi connectivity index (χ1n) is 6.78. The Labute approximate surface area is 124 Å². The molecule has 1 atom stereocenters. The van der Waals surface area contributed by atoms with Crippen LogP contribution in [-0.4, -0.2) is 49.8 Å². The molecule has 21 heavy (non-hydrogen) atoms. The molecule has 1 aromatic carbocycles. The van der Waals surface area contributed by atoms with E-state index in [1.807, 2.05) is 0 Å². The summed E-state index contributed by atoms with van der Waals surface area (Å²) in [6, 6.07) is 6.45. The molecule has 0 aromatic heterocycles. The lowest BCUT2D eigenvalue weighted by atomic mass is 10.0. The molecule has 0 spiro atoms. The lowest BCUT2D eigenvalue weighted by Crippen LogP contribution is -2.41. The first-order chi connectivity index (χ1) is 9.88. The summed E-state index contributed by atoms with van der Waals surface area (Å²) in [4.78, 5) is 11.1. The van der Waals surface area contributed by atoms with Gasteiger partial charge in [0.15, 0.2) is 0 Å². The van der Waals surface area contributed by atoms with Crippen LogP contribution in [0, 0.1) is 5.92 Å². The molecule has 1 fully saturated rings. The molecule has 0 radical (unpaired) electrons. The average molecular weight is 313 g/mol. The largest absolute Gasteiger partial charge is 0.492 e. The van der Waals surface area contributed by atoms with Crippen LogP contribution in [0.1, 0.15) is 23.2 Å². The molecule has 1 aromatic rings. The zero-order valence-electron chi connectivity index (χ0n) is 11.9. The van der Waals surface area contributed by atoms with Crippen molar-refractivity contribution in [2.24, 2.45) is 5.92 Å². The second-order valence-electron chi connectivity index (χ2n) is 5.24. The van der Waals surface area contributed by atoms with Crippen LogP contribution in [0.15, 0.2) is 24.3 Å². The van der Waals surface area contributed by atoms with Crippen LogP contribution < -0.4 is 4.74 Å². The van der Waals surface area contributed by atoms with Crippen LogP contribution >= 0.6 is 0 Å². The minimum atomic E-state index is -3.18. The molecular formula is C14H19NO5S. The van der Waals surface area contributed by atoms with Crippen molar-refractivity contribution in [2.45, 2.75) is 12.8 Å². The van der Waals surface area contributed by atoms with Gasteiger partial charge >= 0.3 is 5.97 Å². The maximum atomic E-state index is 11.6. The Bertz CT molecular complexity index is 614. The van der Waals surface area contributed by atoms with Gasteiger partial charge in [0, 0.05) is 19.0 Å². The highest BCUT2D eigenvalue weighted by molar-refractivity contribution is 7.88. The molecule has 2 rings (SSSR count). The fourth-order valence-corrected chi connectivity index (χ4v) is 3.38. The van der Waals surface area contributed by atoms with Crippen molar-refractivity contribution < 1.29 is 23.1 Å². The Morgan fingerprint density at radius 3 is 2.81 bits per heavy atom. The van der Waals surface area contributed by atoms with Gasteiger partial charge in [-0.15, -0.1) is 0 Å². The Hall–Kier alpha value is -1.60. The highest BCUT2D eigenvalue weighted by atomic mass is 32.2. The van der Waals surface area contributed by atoms with Gasteiger partial charge in [0.25, 0.3) is 0 Å². The molecule has 1 N–H and O–H groups in total. The van der Waals surface area contributed by atoms with Crippen molar-refractivity contribution in [3.05, 3.63) is 29.8 Å². The molecule has 7 heteroatoms. The highest BCUT2D eigenvalue weighted by Gasteiger charge is 2.26. The quantitative estimate of drug-likeness (QED) is 0.889. The number of para-hydroxylation sites is 1. The maximum Gasteiger partial charge on any atom is 0.339 e. The number of aromatic carboxylic acids is 1. The number of hydrogen-bond donors (Lipinski definition) is 1. The lowest BCUT2D eigenvalue weighted by molar-refractivity contribution is 0.0690. The normalized spacial score (nSPS) is 20.1. The van der Waals surface area contributed by atoms with E-state index in [0.717, 1.165) is 12.8 Å². The lowest BCUT2D eigenvalue weighted by Gasteiger charge is -2.30. The van der Waals surface area contributed by atoms with E-state index in [-0.39, 0.29) is 11.5 Å². The van der Waals surface area contributed by atoms with Gasteiger partial charge in [-0.2, -0.15) is 0 Å². The Morgan fingerprint density at radius 2 is 2.14 bits per heavy atom. The molecular weight excluding hydrogens is 294 g/mol. The molecule has 0 amide bonds. The second-order valence-corrected chi connectivity index (χ2v) is 7.22. The van der Waals surface area contributed by atoms with Gasteiger partial charge in [-0.1, -0.05) is 12.1 Å². The minimum Gasteiger partial charge on any atom is -0.492 e. The van der Waals surface area contributed by atoms with E-state index >= 15 is 0 Å². The fourth-order valence-electron chi connectivity index (χ4n) is 2.44. The van der Waals surface area contributed by atoms with Crippen LogP contribution in [0.25, 0.3) is 0 Å². The summed E-state index contributed by atoms with van der Waals surface area (Å²) in [6.45, 7) is 1.28. The van der Waals surface area contributed by atoms with Gasteiger partial charge in [-0.25, -0.2) is 17.5 Å². The van der Waals surface area contributed by atoms with Crippen molar-refractivity contribution in [1.82, 2.24) is 4.31 Å². The van der Waals surface area contributed by atoms with Crippen LogP contribution in [0.2, 0.25) is 0 Å². The molecule has 0 aliphatic carbocycles. The molecule has 0 bridgehead atoms. The van der Waals surface area contributed by atoms with Gasteiger partial charge in [0.05, 0.1) is 12.9 Å². The third-order valence-electron chi connectivity index (χ3n) is 3.54. The van der Waals surface area contributed by atoms with Gasteiger partial charge in [0.1, 0.15) is 11.3 Å². The molecule has 1 heterocycles. The standard InChI is InChI=1S/C14H19NO5S/c1-21(18,19)15-8-4-5-11(9-15)10-20-13-7-3-2-6-12(13)14(16)17/h2-3,6-7,11H,4-5,8-10H2,1H3,(H,16,17). The molecule has 6 nitrogen and oxygen atoms in total. The van der Waals surface area contributed by atoms with Gasteiger partial charge in [0.2, 0.25) is 10.0 Å². The number of carbonyl (C=O) groups is 1. The molecule has 116 valence electrons. The maximum absolute atomic E-state index is 11.6. The summed E-state index contributed by atoms with van der Waals surface area (Å²) in [7, 11) is -3.18. The predicted octanol–water partition coefficient (Wildman–Crippen LogP) is 1.44. The van der Waals surface area contributed by atoms with Gasteiger partial charge in [-0.05, 0) is 25.0 Å². The third kappa shape index (κ3) is 4.18. The summed E-state index contributed by atoms with van der Waals surface area (Å²) >= 11 is 0. The Balaban J connectivity index is 1.99. The number of sulfonamides is 1. The van der Waals surface area contributed by atoms with E-state index in [4.69, 9.17) is 9.84 Å². The third-order valence-corrected chi connectivity index (χ3v) is 4.81. The molecule has 1 aliphatic rings. The second kappa shape index (κ2) is 6.44. The van der Waals surface area contributed by atoms with E-state index in [1.165, 1.54) is 16.6 Å². The Morgan fingerprint density at radius 1 is 1.43 bits per heavy atom. The van der Waals surface area contributed by atoms with E-state index in [2.05, 4.69) is 0 Å². The van der Waals surface area contributed by atoms with Crippen molar-refractivity contribution in [2.75, 3.05) is 26.0 Å². The van der Waals surface area contributed by atoms with Crippen LogP contribution in [-0.2, 0) is 10.0 Å². The Kier molecular flexibility index (Phi) is 4.84. The first kappa shape index (κ1) is 15.8. The van der Waals surface area contributed by atoms with Crippen LogP contribution in [0.5, 0.6) is 5.75 Å². The number of carboxylic acid groups (broad SMARTS) is 1. The number of nitrogens with zero attached hydrogens (tertiary/aromatic N) is 1. The highest BCUT2D eigenvalue weighted by Crippen LogP contribution is 2.22. The van der Waals surface area contributed by atoms with E-state index in [9.17, 15) is 13.2 Å². The summed E-state index contributed by atoms with van der Waals surface area (Å²) in [5, 5.41) is 9.08. The minimum absolute atomic E-state index is 0.0790. The number of hydrogen-bond acceptors (Lipinski definition) is 4. The van der Waals surface area contributed by atoms with Crippen molar-refractivity contribution in [1.29, 1.82) is 0 Å². The number of rotatable bonds is 5. The van der Waals surface area contributed by atoms with E-state index < -0.39 is 16.0 Å². The molecule has 1 unspecified atom stereocenters. The van der Waals surface area contributed by atoms with E-state index in [0.29, 0.717) is 25.4 Å². The number of benzene rings is 1. The zero-order chi connectivity index (χ0) is 15.5. The number of carboxylic acids is 1. The fraction of sp³-hybridized carbons (Fsp3) is 0.500. The predicted molar refractivity (Wildman–Crippen MR) is 78.0 cm³/mol. The topological polar surface area (TPSA) is 83.9 Å². The summed E-state index contributed by atoms with van der Waals surface area (Å²) in [5.41, 5.74) is 0.119. The zero-order valence-corrected chi connectivity index (χ0v) is 12.7. The van der Waals surface area contributed by atoms with Crippen LogP contribution in [0.4, 0.5) is 0 Å². The molecule has 0 saturated carbocycles.